The fraction of sp³-hybridized carbons (Fsp3) is 0.500. The lowest BCUT2D eigenvalue weighted by molar-refractivity contribution is -0.127. The molecule has 7 nitrogen and oxygen atoms in total. The summed E-state index contributed by atoms with van der Waals surface area (Å²) in [6, 6.07) is 3.38. The molecule has 0 bridgehead atoms. The van der Waals surface area contributed by atoms with E-state index in [2.05, 4.69) is 20.6 Å². The monoisotopic (exact) mass is 291 g/mol. The van der Waals surface area contributed by atoms with Crippen molar-refractivity contribution in [3.8, 4) is 0 Å². The summed E-state index contributed by atoms with van der Waals surface area (Å²) in [6.45, 7) is 1.48. The van der Waals surface area contributed by atoms with Crippen LogP contribution in [0.4, 0.5) is 0 Å². The predicted octanol–water partition coefficient (Wildman–Crippen LogP) is -0.214. The van der Waals surface area contributed by atoms with Crippen molar-refractivity contribution in [3.05, 3.63) is 29.6 Å². The maximum absolute atomic E-state index is 11.9. The van der Waals surface area contributed by atoms with Gasteiger partial charge in [-0.2, -0.15) is 0 Å². The highest BCUT2D eigenvalue weighted by Crippen LogP contribution is 2.19. The third-order valence-electron chi connectivity index (χ3n) is 3.75. The van der Waals surface area contributed by atoms with Crippen LogP contribution in [-0.4, -0.2) is 41.3 Å². The van der Waals surface area contributed by atoms with Crippen molar-refractivity contribution in [1.82, 2.24) is 20.6 Å². The molecule has 1 aromatic heterocycles. The summed E-state index contributed by atoms with van der Waals surface area (Å²) in [5.74, 6) is 4.76. The molecule has 0 aliphatic carbocycles. The number of likely N-dealkylation sites (N-methyl/N-ethyl adjacent to an activating group) is 1. The summed E-state index contributed by atoms with van der Waals surface area (Å²) in [5, 5.41) is 2.71. The Morgan fingerprint density at radius 1 is 1.43 bits per heavy atom. The molecule has 1 unspecified atom stereocenters. The van der Waals surface area contributed by atoms with E-state index in [4.69, 9.17) is 5.84 Å². The largest absolute Gasteiger partial charge is 0.358 e. The number of pyridine rings is 1. The van der Waals surface area contributed by atoms with Gasteiger partial charge >= 0.3 is 0 Å². The average molecular weight is 291 g/mol. The van der Waals surface area contributed by atoms with Crippen molar-refractivity contribution >= 4 is 11.8 Å². The maximum atomic E-state index is 11.9. The number of aromatic nitrogens is 1. The number of carbonyl (C=O) groups is 2. The first-order valence-electron chi connectivity index (χ1n) is 7.07. The predicted molar refractivity (Wildman–Crippen MR) is 78.0 cm³/mol. The van der Waals surface area contributed by atoms with E-state index >= 15 is 0 Å². The van der Waals surface area contributed by atoms with Crippen LogP contribution in [0.25, 0.3) is 0 Å². The Labute approximate surface area is 123 Å². The number of nitrogens with one attached hydrogen (secondary N) is 2. The molecule has 1 aromatic rings. The molecule has 1 saturated heterocycles. The first kappa shape index (κ1) is 15.4. The minimum Gasteiger partial charge on any atom is -0.358 e. The van der Waals surface area contributed by atoms with E-state index in [1.807, 2.05) is 0 Å². The molecule has 1 atom stereocenters. The quantitative estimate of drug-likeness (QED) is 0.405. The molecule has 1 aliphatic rings. The number of rotatable bonds is 4. The first-order valence-corrected chi connectivity index (χ1v) is 7.07. The van der Waals surface area contributed by atoms with Crippen molar-refractivity contribution < 1.29 is 9.59 Å². The first-order chi connectivity index (χ1) is 10.2. The molecule has 0 radical (unpaired) electrons. The van der Waals surface area contributed by atoms with Gasteiger partial charge in [-0.3, -0.25) is 24.9 Å². The third-order valence-corrected chi connectivity index (χ3v) is 3.75. The average Bonchev–Trinajstić information content (AvgIpc) is 2.54. The second-order valence-electron chi connectivity index (χ2n) is 5.11. The summed E-state index contributed by atoms with van der Waals surface area (Å²) < 4.78 is 0. The van der Waals surface area contributed by atoms with E-state index in [9.17, 15) is 9.59 Å². The summed E-state index contributed by atoms with van der Waals surface area (Å²) in [4.78, 5) is 29.7. The van der Waals surface area contributed by atoms with Crippen LogP contribution in [0.3, 0.4) is 0 Å². The minimum atomic E-state index is -0.366. The van der Waals surface area contributed by atoms with Crippen LogP contribution in [0.1, 0.15) is 35.3 Å². The molecule has 0 saturated carbocycles. The highest BCUT2D eigenvalue weighted by molar-refractivity contribution is 5.93. The molecule has 0 spiro atoms. The minimum absolute atomic E-state index is 0.0498. The van der Waals surface area contributed by atoms with E-state index < -0.39 is 0 Å². The lowest BCUT2D eigenvalue weighted by Gasteiger charge is -2.34. The lowest BCUT2D eigenvalue weighted by atomic mass is 10.0. The van der Waals surface area contributed by atoms with Crippen molar-refractivity contribution in [2.75, 3.05) is 13.6 Å². The van der Waals surface area contributed by atoms with E-state index in [1.165, 1.54) is 6.20 Å². The Kier molecular flexibility index (Phi) is 5.24. The number of hydrogen-bond donors (Lipinski definition) is 3. The Morgan fingerprint density at radius 2 is 2.24 bits per heavy atom. The fourth-order valence-corrected chi connectivity index (χ4v) is 2.59. The zero-order valence-electron chi connectivity index (χ0n) is 12.1. The number of nitrogen functional groups attached to an aromatic ring is 1. The molecule has 7 heteroatoms. The zero-order chi connectivity index (χ0) is 15.2. The number of carbonyl (C=O) groups excluding carboxylic acids is 2. The number of likely N-dealkylation sites (tertiary alicyclic amines) is 1. The van der Waals surface area contributed by atoms with Crippen LogP contribution in [0.5, 0.6) is 0 Å². The van der Waals surface area contributed by atoms with Crippen LogP contribution in [0.15, 0.2) is 18.3 Å². The van der Waals surface area contributed by atoms with Crippen LogP contribution >= 0.6 is 0 Å². The van der Waals surface area contributed by atoms with Gasteiger partial charge in [0, 0.05) is 19.8 Å². The molecule has 21 heavy (non-hydrogen) atoms. The SMILES string of the molecule is CNC(=O)C1CCCCN1Cc1ccc(C(=O)NN)cn1. The van der Waals surface area contributed by atoms with Crippen LogP contribution in [0, 0.1) is 0 Å². The number of hydrogen-bond acceptors (Lipinski definition) is 5. The molecule has 0 aromatic carbocycles. The van der Waals surface area contributed by atoms with Gasteiger partial charge in [-0.15, -0.1) is 0 Å². The van der Waals surface area contributed by atoms with Crippen molar-refractivity contribution in [1.29, 1.82) is 0 Å². The second kappa shape index (κ2) is 7.14. The van der Waals surface area contributed by atoms with E-state index in [-0.39, 0.29) is 17.9 Å². The number of amides is 2. The summed E-state index contributed by atoms with van der Waals surface area (Å²) in [6.07, 6.45) is 4.52. The number of nitrogens with zero attached hydrogens (tertiary/aromatic N) is 2. The van der Waals surface area contributed by atoms with Crippen molar-refractivity contribution in [3.63, 3.8) is 0 Å². The fourth-order valence-electron chi connectivity index (χ4n) is 2.59. The second-order valence-corrected chi connectivity index (χ2v) is 5.11. The number of nitrogens with two attached hydrogens (primary N) is 1. The standard InChI is InChI=1S/C14H21N5O2/c1-16-14(21)12-4-2-3-7-19(12)9-11-6-5-10(8-17-11)13(20)18-15/h5-6,8,12H,2-4,7,9,15H2,1H3,(H,16,21)(H,18,20). The smallest absolute Gasteiger partial charge is 0.266 e. The Morgan fingerprint density at radius 3 is 2.86 bits per heavy atom. The van der Waals surface area contributed by atoms with Gasteiger partial charge in [-0.1, -0.05) is 6.42 Å². The number of hydrazine groups is 1. The van der Waals surface area contributed by atoms with Gasteiger partial charge in [0.1, 0.15) is 0 Å². The zero-order valence-corrected chi connectivity index (χ0v) is 12.1. The lowest BCUT2D eigenvalue weighted by Crippen LogP contribution is -2.48. The Balaban J connectivity index is 2.05. The Hall–Kier alpha value is -1.99. The van der Waals surface area contributed by atoms with Gasteiger partial charge < -0.3 is 5.32 Å². The van der Waals surface area contributed by atoms with Crippen molar-refractivity contribution in [2.45, 2.75) is 31.8 Å². The van der Waals surface area contributed by atoms with Gasteiger partial charge in [0.2, 0.25) is 5.91 Å². The van der Waals surface area contributed by atoms with Crippen LogP contribution in [-0.2, 0) is 11.3 Å². The van der Waals surface area contributed by atoms with Gasteiger partial charge in [0.05, 0.1) is 17.3 Å². The van der Waals surface area contributed by atoms with E-state index in [0.29, 0.717) is 12.1 Å². The third kappa shape index (κ3) is 3.77. The van der Waals surface area contributed by atoms with Gasteiger partial charge in [-0.05, 0) is 31.5 Å². The summed E-state index contributed by atoms with van der Waals surface area (Å²) in [7, 11) is 1.66. The van der Waals surface area contributed by atoms with Crippen molar-refractivity contribution in [2.24, 2.45) is 5.84 Å². The van der Waals surface area contributed by atoms with Crippen LogP contribution in [0.2, 0.25) is 0 Å². The maximum Gasteiger partial charge on any atom is 0.266 e. The molecule has 2 amide bonds. The molecule has 114 valence electrons. The van der Waals surface area contributed by atoms with E-state index in [1.54, 1.807) is 19.2 Å². The topological polar surface area (TPSA) is 100 Å². The van der Waals surface area contributed by atoms with Gasteiger partial charge in [-0.25, -0.2) is 5.84 Å². The molecule has 2 heterocycles. The van der Waals surface area contributed by atoms with Gasteiger partial charge in [0.25, 0.3) is 5.91 Å². The highest BCUT2D eigenvalue weighted by atomic mass is 16.2. The molecule has 1 aliphatic heterocycles. The molecular weight excluding hydrogens is 270 g/mol. The van der Waals surface area contributed by atoms with E-state index in [0.717, 1.165) is 31.5 Å². The molecule has 4 N–H and O–H groups in total. The highest BCUT2D eigenvalue weighted by Gasteiger charge is 2.28. The molecule has 1 fully saturated rings. The molecular formula is C14H21N5O2. The van der Waals surface area contributed by atoms with Gasteiger partial charge in [0.15, 0.2) is 0 Å². The Bertz CT molecular complexity index is 503. The van der Waals surface area contributed by atoms with Crippen LogP contribution < -0.4 is 16.6 Å². The molecule has 2 rings (SSSR count). The summed E-state index contributed by atoms with van der Waals surface area (Å²) >= 11 is 0. The summed E-state index contributed by atoms with van der Waals surface area (Å²) in [5.41, 5.74) is 3.32. The normalized spacial score (nSPS) is 19.0. The number of piperidine rings is 1.